The molecule has 0 fully saturated rings. The lowest BCUT2D eigenvalue weighted by Crippen LogP contribution is -2.29. The van der Waals surface area contributed by atoms with Crippen LogP contribution in [0.25, 0.3) is 0 Å². The molecule has 1 rings (SSSR count). The number of hydrogen-bond donors (Lipinski definition) is 3. The zero-order valence-electron chi connectivity index (χ0n) is 8.25. The Hall–Kier alpha value is -1.83. The maximum atomic E-state index is 13.2. The molecule has 0 aliphatic carbocycles. The van der Waals surface area contributed by atoms with Gasteiger partial charge in [0.15, 0.2) is 0 Å². The third kappa shape index (κ3) is 2.64. The van der Waals surface area contributed by atoms with Gasteiger partial charge >= 0.3 is 12.1 Å². The van der Waals surface area contributed by atoms with Crippen LogP contribution in [0, 0.1) is 5.82 Å². The molecule has 0 saturated heterocycles. The van der Waals surface area contributed by atoms with Crippen LogP contribution in [-0.4, -0.2) is 17.3 Å². The fourth-order valence-electron chi connectivity index (χ4n) is 1.21. The van der Waals surface area contributed by atoms with Crippen molar-refractivity contribution in [2.45, 2.75) is 12.2 Å². The van der Waals surface area contributed by atoms with Gasteiger partial charge in [-0.1, -0.05) is 0 Å². The van der Waals surface area contributed by atoms with Crippen LogP contribution in [0.5, 0.6) is 0 Å². The molecule has 94 valence electrons. The van der Waals surface area contributed by atoms with Gasteiger partial charge in [0.25, 0.3) is 0 Å². The number of aromatic carboxylic acids is 1. The molecule has 0 amide bonds. The van der Waals surface area contributed by atoms with E-state index < -0.39 is 40.8 Å². The largest absolute Gasteiger partial charge is 0.478 e. The van der Waals surface area contributed by atoms with Crippen molar-refractivity contribution in [3.8, 4) is 0 Å². The second-order valence-corrected chi connectivity index (χ2v) is 3.29. The molecule has 0 bridgehead atoms. The first-order valence-electron chi connectivity index (χ1n) is 4.29. The second-order valence-electron chi connectivity index (χ2n) is 3.29. The van der Waals surface area contributed by atoms with Crippen LogP contribution in [0.3, 0.4) is 0 Å². The quantitative estimate of drug-likeness (QED) is 0.551. The topological polar surface area (TPSA) is 89.3 Å². The standard InChI is InChI=1S/C9H8F4N2O2/c10-5-2-6(14)4(8(16)17)1-3(5)7(15)9(11,12)13/h1-2,7H,14-15H2,(H,16,17). The monoisotopic (exact) mass is 252 g/mol. The SMILES string of the molecule is Nc1cc(F)c(C(N)C(F)(F)F)cc1C(=O)O. The summed E-state index contributed by atoms with van der Waals surface area (Å²) in [6.45, 7) is 0. The second kappa shape index (κ2) is 4.21. The summed E-state index contributed by atoms with van der Waals surface area (Å²) in [5.41, 5.74) is 7.91. The van der Waals surface area contributed by atoms with E-state index in [2.05, 4.69) is 0 Å². The van der Waals surface area contributed by atoms with Gasteiger partial charge in [-0.2, -0.15) is 13.2 Å². The number of anilines is 1. The minimum absolute atomic E-state index is 0.465. The fourth-order valence-corrected chi connectivity index (χ4v) is 1.21. The minimum atomic E-state index is -4.87. The van der Waals surface area contributed by atoms with Gasteiger partial charge in [0.05, 0.1) is 5.56 Å². The molecule has 1 aromatic rings. The third-order valence-electron chi connectivity index (χ3n) is 2.09. The van der Waals surface area contributed by atoms with Gasteiger partial charge in [0.2, 0.25) is 0 Å². The first-order valence-corrected chi connectivity index (χ1v) is 4.29. The number of nitrogen functional groups attached to an aromatic ring is 1. The smallest absolute Gasteiger partial charge is 0.407 e. The number of nitrogens with two attached hydrogens (primary N) is 2. The van der Waals surface area contributed by atoms with Crippen LogP contribution in [-0.2, 0) is 0 Å². The molecule has 0 aromatic heterocycles. The predicted molar refractivity (Wildman–Crippen MR) is 50.8 cm³/mol. The van der Waals surface area contributed by atoms with Crippen molar-refractivity contribution in [2.75, 3.05) is 5.73 Å². The lowest BCUT2D eigenvalue weighted by Gasteiger charge is -2.17. The number of hydrogen-bond acceptors (Lipinski definition) is 3. The first kappa shape index (κ1) is 13.2. The van der Waals surface area contributed by atoms with E-state index in [4.69, 9.17) is 16.6 Å². The Morgan fingerprint density at radius 3 is 2.29 bits per heavy atom. The van der Waals surface area contributed by atoms with Crippen LogP contribution < -0.4 is 11.5 Å². The molecule has 5 N–H and O–H groups in total. The maximum absolute atomic E-state index is 13.2. The molecule has 17 heavy (non-hydrogen) atoms. The highest BCUT2D eigenvalue weighted by atomic mass is 19.4. The van der Waals surface area contributed by atoms with Crippen molar-refractivity contribution in [2.24, 2.45) is 5.73 Å². The van der Waals surface area contributed by atoms with E-state index in [1.54, 1.807) is 0 Å². The van der Waals surface area contributed by atoms with Crippen molar-refractivity contribution in [1.29, 1.82) is 0 Å². The molecule has 4 nitrogen and oxygen atoms in total. The summed E-state index contributed by atoms with van der Waals surface area (Å²) in [5.74, 6) is -2.85. The Balaban J connectivity index is 3.35. The summed E-state index contributed by atoms with van der Waals surface area (Å²) in [6, 6.07) is -1.60. The molecule has 1 atom stereocenters. The van der Waals surface area contributed by atoms with Gasteiger partial charge in [-0.25, -0.2) is 9.18 Å². The Bertz CT molecular complexity index is 459. The third-order valence-corrected chi connectivity index (χ3v) is 2.09. The lowest BCUT2D eigenvalue weighted by molar-refractivity contribution is -0.149. The first-order chi connectivity index (χ1) is 7.64. The predicted octanol–water partition coefficient (Wildman–Crippen LogP) is 1.67. The average molecular weight is 252 g/mol. The Labute approximate surface area is 92.8 Å². The molecule has 0 aliphatic rings. The van der Waals surface area contributed by atoms with Gasteiger partial charge < -0.3 is 16.6 Å². The maximum Gasteiger partial charge on any atom is 0.407 e. The van der Waals surface area contributed by atoms with Crippen molar-refractivity contribution in [3.05, 3.63) is 29.1 Å². The zero-order chi connectivity index (χ0) is 13.4. The number of carboxylic acids is 1. The molecule has 8 heteroatoms. The summed E-state index contributed by atoms with van der Waals surface area (Å²) in [7, 11) is 0. The molecule has 0 radical (unpaired) electrons. The molecule has 0 heterocycles. The highest BCUT2D eigenvalue weighted by molar-refractivity contribution is 5.93. The molecular weight excluding hydrogens is 244 g/mol. The van der Waals surface area contributed by atoms with Crippen molar-refractivity contribution < 1.29 is 27.5 Å². The number of benzene rings is 1. The number of carboxylic acid groups (broad SMARTS) is 1. The van der Waals surface area contributed by atoms with E-state index in [0.717, 1.165) is 0 Å². The molecule has 1 aromatic carbocycles. The molecule has 0 aliphatic heterocycles. The lowest BCUT2D eigenvalue weighted by atomic mass is 10.0. The van der Waals surface area contributed by atoms with Crippen molar-refractivity contribution in [1.82, 2.24) is 0 Å². The number of halogens is 4. The molecular formula is C9H8F4N2O2. The van der Waals surface area contributed by atoms with Crippen LogP contribution in [0.15, 0.2) is 12.1 Å². The van der Waals surface area contributed by atoms with Gasteiger partial charge in [0, 0.05) is 11.3 Å². The summed E-state index contributed by atoms with van der Waals surface area (Å²) in [4.78, 5) is 10.6. The zero-order valence-corrected chi connectivity index (χ0v) is 8.25. The van der Waals surface area contributed by atoms with Gasteiger partial charge in [-0.3, -0.25) is 0 Å². The minimum Gasteiger partial charge on any atom is -0.478 e. The normalized spacial score (nSPS) is 13.5. The molecule has 0 saturated carbocycles. The Morgan fingerprint density at radius 1 is 1.35 bits per heavy atom. The van der Waals surface area contributed by atoms with E-state index in [1.807, 2.05) is 0 Å². The van der Waals surface area contributed by atoms with Crippen LogP contribution >= 0.6 is 0 Å². The van der Waals surface area contributed by atoms with Gasteiger partial charge in [-0.15, -0.1) is 0 Å². The average Bonchev–Trinajstić information content (AvgIpc) is 2.14. The van der Waals surface area contributed by atoms with E-state index >= 15 is 0 Å². The number of rotatable bonds is 2. The Morgan fingerprint density at radius 2 is 1.88 bits per heavy atom. The molecule has 1 unspecified atom stereocenters. The van der Waals surface area contributed by atoms with Gasteiger partial charge in [0.1, 0.15) is 11.9 Å². The molecule has 0 spiro atoms. The summed E-state index contributed by atoms with van der Waals surface area (Å²) < 4.78 is 50.1. The van der Waals surface area contributed by atoms with Crippen LogP contribution in [0.2, 0.25) is 0 Å². The summed E-state index contributed by atoms with van der Waals surface area (Å²) in [6.07, 6.45) is -4.87. The number of alkyl halides is 3. The van der Waals surface area contributed by atoms with E-state index in [0.29, 0.717) is 12.1 Å². The fraction of sp³-hybridized carbons (Fsp3) is 0.222. The Kier molecular flexibility index (Phi) is 3.28. The van der Waals surface area contributed by atoms with E-state index in [9.17, 15) is 22.4 Å². The van der Waals surface area contributed by atoms with Crippen LogP contribution in [0.1, 0.15) is 22.0 Å². The highest BCUT2D eigenvalue weighted by Gasteiger charge is 2.39. The van der Waals surface area contributed by atoms with E-state index in [1.165, 1.54) is 0 Å². The van der Waals surface area contributed by atoms with Crippen molar-refractivity contribution >= 4 is 11.7 Å². The van der Waals surface area contributed by atoms with Crippen LogP contribution in [0.4, 0.5) is 23.2 Å². The van der Waals surface area contributed by atoms with Crippen molar-refractivity contribution in [3.63, 3.8) is 0 Å². The highest BCUT2D eigenvalue weighted by Crippen LogP contribution is 2.33. The number of carbonyl (C=O) groups is 1. The summed E-state index contributed by atoms with van der Waals surface area (Å²) in [5, 5.41) is 8.64. The summed E-state index contributed by atoms with van der Waals surface area (Å²) >= 11 is 0. The van der Waals surface area contributed by atoms with Gasteiger partial charge in [-0.05, 0) is 12.1 Å². The van der Waals surface area contributed by atoms with E-state index in [-0.39, 0.29) is 0 Å².